The summed E-state index contributed by atoms with van der Waals surface area (Å²) >= 11 is 6.31. The Morgan fingerprint density at radius 3 is 2.62 bits per heavy atom. The molecular formula is C20H17ClFNO. The highest BCUT2D eigenvalue weighted by Crippen LogP contribution is 2.25. The molecule has 0 radical (unpaired) electrons. The molecule has 0 saturated carbocycles. The molecule has 0 bridgehead atoms. The summed E-state index contributed by atoms with van der Waals surface area (Å²) in [6, 6.07) is 10.4. The van der Waals surface area contributed by atoms with Crippen LogP contribution in [0.3, 0.4) is 0 Å². The van der Waals surface area contributed by atoms with Crippen molar-refractivity contribution in [3.05, 3.63) is 70.1 Å². The van der Waals surface area contributed by atoms with Gasteiger partial charge in [-0.3, -0.25) is 4.79 Å². The van der Waals surface area contributed by atoms with Crippen molar-refractivity contribution in [3.63, 3.8) is 0 Å². The lowest BCUT2D eigenvalue weighted by atomic mass is 10.1. The van der Waals surface area contributed by atoms with Crippen molar-refractivity contribution in [2.75, 3.05) is 0 Å². The average molecular weight is 342 g/mol. The number of rotatable bonds is 4. The predicted octanol–water partition coefficient (Wildman–Crippen LogP) is 5.27. The minimum atomic E-state index is -0.247. The molecule has 0 N–H and O–H groups in total. The molecule has 0 aliphatic rings. The van der Waals surface area contributed by atoms with E-state index in [1.165, 1.54) is 12.1 Å². The molecule has 0 aliphatic carbocycles. The highest BCUT2D eigenvalue weighted by Gasteiger charge is 2.06. The van der Waals surface area contributed by atoms with E-state index in [-0.39, 0.29) is 11.6 Å². The molecular weight excluding hydrogens is 325 g/mol. The van der Waals surface area contributed by atoms with E-state index in [0.717, 1.165) is 27.6 Å². The summed E-state index contributed by atoms with van der Waals surface area (Å²) in [4.78, 5) is 11.2. The maximum absolute atomic E-state index is 13.4. The lowest BCUT2D eigenvalue weighted by Crippen LogP contribution is -1.96. The normalized spacial score (nSPS) is 11.5. The summed E-state index contributed by atoms with van der Waals surface area (Å²) in [5, 5.41) is 1.59. The van der Waals surface area contributed by atoms with Gasteiger partial charge in [0, 0.05) is 30.1 Å². The van der Waals surface area contributed by atoms with Crippen molar-refractivity contribution in [1.29, 1.82) is 0 Å². The van der Waals surface area contributed by atoms with Gasteiger partial charge in [-0.2, -0.15) is 0 Å². The number of nitrogens with zero attached hydrogens (tertiary/aromatic N) is 1. The van der Waals surface area contributed by atoms with Crippen LogP contribution in [0.25, 0.3) is 23.1 Å². The number of aromatic nitrogens is 1. The Labute approximate surface area is 145 Å². The molecule has 3 aromatic rings. The van der Waals surface area contributed by atoms with Crippen molar-refractivity contribution in [2.24, 2.45) is 7.05 Å². The van der Waals surface area contributed by atoms with E-state index in [9.17, 15) is 9.18 Å². The minimum absolute atomic E-state index is 0.109. The van der Waals surface area contributed by atoms with Gasteiger partial charge in [-0.15, -0.1) is 0 Å². The molecule has 1 aromatic heterocycles. The summed E-state index contributed by atoms with van der Waals surface area (Å²) in [6.07, 6.45) is 6.24. The lowest BCUT2D eigenvalue weighted by Gasteiger charge is -2.02. The standard InChI is InChI=1S/C20H17ClFNO/c1-13(24)9-14-3-4-15(19(21)10-14)5-6-16-12-23(2)20-11-17(22)7-8-18(16)20/h3-8,10-12H,9H2,1-2H3/b6-5+. The predicted molar refractivity (Wildman–Crippen MR) is 97.6 cm³/mol. The Morgan fingerprint density at radius 1 is 1.17 bits per heavy atom. The third kappa shape index (κ3) is 3.41. The van der Waals surface area contributed by atoms with Crippen LogP contribution < -0.4 is 0 Å². The van der Waals surface area contributed by atoms with Gasteiger partial charge < -0.3 is 4.57 Å². The van der Waals surface area contributed by atoms with Gasteiger partial charge in [0.25, 0.3) is 0 Å². The number of carbonyl (C=O) groups is 1. The fraction of sp³-hybridized carbons (Fsp3) is 0.150. The Morgan fingerprint density at radius 2 is 1.92 bits per heavy atom. The van der Waals surface area contributed by atoms with Gasteiger partial charge in [-0.25, -0.2) is 4.39 Å². The zero-order valence-electron chi connectivity index (χ0n) is 13.5. The molecule has 122 valence electrons. The van der Waals surface area contributed by atoms with Crippen LogP contribution in [0.1, 0.15) is 23.6 Å². The van der Waals surface area contributed by atoms with Crippen molar-refractivity contribution in [3.8, 4) is 0 Å². The van der Waals surface area contributed by atoms with Crippen molar-refractivity contribution < 1.29 is 9.18 Å². The summed E-state index contributed by atoms with van der Waals surface area (Å²) < 4.78 is 15.3. The van der Waals surface area contributed by atoms with E-state index < -0.39 is 0 Å². The maximum atomic E-state index is 13.4. The number of halogens is 2. The highest BCUT2D eigenvalue weighted by molar-refractivity contribution is 6.32. The molecule has 0 saturated heterocycles. The van der Waals surface area contributed by atoms with E-state index >= 15 is 0 Å². The number of carbonyl (C=O) groups excluding carboxylic acids is 1. The first-order chi connectivity index (χ1) is 11.4. The van der Waals surface area contributed by atoms with E-state index in [1.54, 1.807) is 13.0 Å². The second-order valence-corrected chi connectivity index (χ2v) is 6.33. The minimum Gasteiger partial charge on any atom is -0.350 e. The van der Waals surface area contributed by atoms with Gasteiger partial charge in [0.15, 0.2) is 0 Å². The first-order valence-electron chi connectivity index (χ1n) is 7.64. The fourth-order valence-electron chi connectivity index (χ4n) is 2.80. The second-order valence-electron chi connectivity index (χ2n) is 5.92. The quantitative estimate of drug-likeness (QED) is 0.633. The summed E-state index contributed by atoms with van der Waals surface area (Å²) in [5.41, 5.74) is 3.63. The molecule has 0 atom stereocenters. The molecule has 2 nitrogen and oxygen atoms in total. The fourth-order valence-corrected chi connectivity index (χ4v) is 3.07. The highest BCUT2D eigenvalue weighted by atomic mass is 35.5. The molecule has 4 heteroatoms. The first-order valence-corrected chi connectivity index (χ1v) is 8.02. The van der Waals surface area contributed by atoms with Crippen LogP contribution in [-0.2, 0) is 18.3 Å². The van der Waals surface area contributed by atoms with E-state index in [1.807, 2.05) is 48.2 Å². The lowest BCUT2D eigenvalue weighted by molar-refractivity contribution is -0.116. The molecule has 24 heavy (non-hydrogen) atoms. The van der Waals surface area contributed by atoms with Crippen LogP contribution >= 0.6 is 11.6 Å². The molecule has 0 unspecified atom stereocenters. The van der Waals surface area contributed by atoms with Crippen molar-refractivity contribution >= 4 is 40.4 Å². The van der Waals surface area contributed by atoms with Crippen LogP contribution in [0.15, 0.2) is 42.6 Å². The van der Waals surface area contributed by atoms with Crippen LogP contribution in [0.2, 0.25) is 5.02 Å². The molecule has 0 aliphatic heterocycles. The Balaban J connectivity index is 1.93. The monoisotopic (exact) mass is 341 g/mol. The number of Topliss-reactive ketones (excluding diaryl/α,β-unsaturated/α-hetero) is 1. The van der Waals surface area contributed by atoms with Gasteiger partial charge in [0.2, 0.25) is 0 Å². The summed E-state index contributed by atoms with van der Waals surface area (Å²) in [5.74, 6) is -0.138. The molecule has 0 spiro atoms. The number of hydrogen-bond acceptors (Lipinski definition) is 1. The van der Waals surface area contributed by atoms with E-state index in [2.05, 4.69) is 0 Å². The van der Waals surface area contributed by atoms with Crippen LogP contribution in [-0.4, -0.2) is 10.4 Å². The molecule has 2 aromatic carbocycles. The number of benzene rings is 2. The molecule has 3 rings (SSSR count). The van der Waals surface area contributed by atoms with Gasteiger partial charge in [-0.05, 0) is 47.9 Å². The molecule has 0 amide bonds. The van der Waals surface area contributed by atoms with Crippen LogP contribution in [0.4, 0.5) is 4.39 Å². The first kappa shape index (κ1) is 16.5. The average Bonchev–Trinajstić information content (AvgIpc) is 2.82. The smallest absolute Gasteiger partial charge is 0.134 e. The zero-order valence-corrected chi connectivity index (χ0v) is 14.3. The third-order valence-electron chi connectivity index (χ3n) is 3.94. The SMILES string of the molecule is CC(=O)Cc1ccc(/C=C/c2cn(C)c3cc(F)ccc23)c(Cl)c1. The molecule has 1 heterocycles. The van der Waals surface area contributed by atoms with Crippen LogP contribution in [0.5, 0.6) is 0 Å². The van der Waals surface area contributed by atoms with E-state index in [0.29, 0.717) is 11.4 Å². The van der Waals surface area contributed by atoms with E-state index in [4.69, 9.17) is 11.6 Å². The van der Waals surface area contributed by atoms with Gasteiger partial charge in [-0.1, -0.05) is 35.9 Å². The van der Waals surface area contributed by atoms with Gasteiger partial charge >= 0.3 is 0 Å². The number of fused-ring (bicyclic) bond motifs is 1. The Bertz CT molecular complexity index is 956. The van der Waals surface area contributed by atoms with Gasteiger partial charge in [0.1, 0.15) is 11.6 Å². The summed E-state index contributed by atoms with van der Waals surface area (Å²) in [7, 11) is 1.89. The number of ketones is 1. The topological polar surface area (TPSA) is 22.0 Å². The van der Waals surface area contributed by atoms with Crippen LogP contribution in [0, 0.1) is 5.82 Å². The number of hydrogen-bond donors (Lipinski definition) is 0. The maximum Gasteiger partial charge on any atom is 0.134 e. The second kappa shape index (κ2) is 6.62. The van der Waals surface area contributed by atoms with Crippen molar-refractivity contribution in [2.45, 2.75) is 13.3 Å². The Kier molecular flexibility index (Phi) is 4.54. The third-order valence-corrected chi connectivity index (χ3v) is 4.27. The zero-order chi connectivity index (χ0) is 17.3. The van der Waals surface area contributed by atoms with Crippen molar-refractivity contribution in [1.82, 2.24) is 4.57 Å². The van der Waals surface area contributed by atoms with Gasteiger partial charge in [0.05, 0.1) is 5.52 Å². The molecule has 0 fully saturated rings. The largest absolute Gasteiger partial charge is 0.350 e. The Hall–Kier alpha value is -2.39. The number of aryl methyl sites for hydroxylation is 1. The summed E-state index contributed by atoms with van der Waals surface area (Å²) in [6.45, 7) is 1.56.